The normalized spacial score (nSPS) is 10.1. The average molecular weight is 281 g/mol. The molecular formula is C13H10Cl2N2O. The Kier molecular flexibility index (Phi) is 3.75. The van der Waals surface area contributed by atoms with E-state index in [0.29, 0.717) is 27.0 Å². The van der Waals surface area contributed by atoms with Gasteiger partial charge in [0.05, 0.1) is 10.7 Å². The summed E-state index contributed by atoms with van der Waals surface area (Å²) in [5.41, 5.74) is 7.15. The summed E-state index contributed by atoms with van der Waals surface area (Å²) in [6.45, 7) is 0. The predicted octanol–water partition coefficient (Wildman–Crippen LogP) is 3.83. The molecule has 0 spiro atoms. The Labute approximate surface area is 115 Å². The summed E-state index contributed by atoms with van der Waals surface area (Å²) in [4.78, 5) is 11.9. The lowest BCUT2D eigenvalue weighted by Gasteiger charge is -2.07. The minimum Gasteiger partial charge on any atom is -0.399 e. The topological polar surface area (TPSA) is 55.1 Å². The number of carbonyl (C=O) groups is 1. The van der Waals surface area contributed by atoms with Crippen LogP contribution in [-0.4, -0.2) is 5.91 Å². The molecule has 1 amide bonds. The van der Waals surface area contributed by atoms with E-state index in [1.54, 1.807) is 42.5 Å². The molecule has 0 atom stereocenters. The third-order valence-electron chi connectivity index (χ3n) is 2.35. The molecule has 3 N–H and O–H groups in total. The molecule has 2 aromatic carbocycles. The molecule has 0 saturated carbocycles. The molecular weight excluding hydrogens is 271 g/mol. The molecule has 0 aromatic heterocycles. The van der Waals surface area contributed by atoms with Crippen molar-refractivity contribution in [1.29, 1.82) is 0 Å². The van der Waals surface area contributed by atoms with Crippen LogP contribution < -0.4 is 11.1 Å². The fourth-order valence-corrected chi connectivity index (χ4v) is 1.79. The zero-order chi connectivity index (χ0) is 13.1. The summed E-state index contributed by atoms with van der Waals surface area (Å²) in [6, 6.07) is 11.5. The molecule has 0 fully saturated rings. The van der Waals surface area contributed by atoms with Crippen molar-refractivity contribution in [3.05, 3.63) is 58.1 Å². The average Bonchev–Trinajstić information content (AvgIpc) is 2.33. The zero-order valence-corrected chi connectivity index (χ0v) is 10.8. The third kappa shape index (κ3) is 2.94. The number of hydrogen-bond donors (Lipinski definition) is 2. The number of anilines is 2. The Bertz CT molecular complexity index is 582. The van der Waals surface area contributed by atoms with E-state index in [9.17, 15) is 4.79 Å². The van der Waals surface area contributed by atoms with Crippen LogP contribution >= 0.6 is 23.2 Å². The number of nitrogen functional groups attached to an aromatic ring is 1. The minimum atomic E-state index is -0.252. The Balaban J connectivity index is 2.18. The molecule has 0 aliphatic carbocycles. The Morgan fingerprint density at radius 3 is 2.33 bits per heavy atom. The van der Waals surface area contributed by atoms with E-state index in [1.807, 2.05) is 0 Å². The van der Waals surface area contributed by atoms with Gasteiger partial charge in [-0.2, -0.15) is 0 Å². The van der Waals surface area contributed by atoms with Gasteiger partial charge in [0.25, 0.3) is 5.91 Å². The lowest BCUT2D eigenvalue weighted by atomic mass is 10.2. The molecule has 92 valence electrons. The molecule has 0 aliphatic rings. The van der Waals surface area contributed by atoms with Crippen LogP contribution in [0.2, 0.25) is 10.0 Å². The third-order valence-corrected chi connectivity index (χ3v) is 2.91. The monoisotopic (exact) mass is 280 g/mol. The number of carbonyl (C=O) groups excluding carboxylic acids is 1. The number of rotatable bonds is 2. The summed E-state index contributed by atoms with van der Waals surface area (Å²) in [5.74, 6) is -0.252. The van der Waals surface area contributed by atoms with E-state index in [0.717, 1.165) is 0 Å². The van der Waals surface area contributed by atoms with Crippen molar-refractivity contribution < 1.29 is 4.79 Å². The first-order chi connectivity index (χ1) is 8.56. The van der Waals surface area contributed by atoms with E-state index in [4.69, 9.17) is 28.9 Å². The van der Waals surface area contributed by atoms with Crippen LogP contribution in [0.4, 0.5) is 11.4 Å². The molecule has 0 heterocycles. The lowest BCUT2D eigenvalue weighted by molar-refractivity contribution is 0.102. The molecule has 2 aromatic rings. The maximum absolute atomic E-state index is 11.9. The van der Waals surface area contributed by atoms with Crippen LogP contribution in [0.25, 0.3) is 0 Å². The first-order valence-corrected chi connectivity index (χ1v) is 5.94. The van der Waals surface area contributed by atoms with Crippen LogP contribution in [0.15, 0.2) is 42.5 Å². The van der Waals surface area contributed by atoms with Crippen molar-refractivity contribution in [2.75, 3.05) is 11.1 Å². The second-order valence-electron chi connectivity index (χ2n) is 3.70. The van der Waals surface area contributed by atoms with Crippen LogP contribution in [0, 0.1) is 0 Å². The minimum absolute atomic E-state index is 0.252. The summed E-state index contributed by atoms with van der Waals surface area (Å²) >= 11 is 11.7. The zero-order valence-electron chi connectivity index (χ0n) is 9.28. The number of amides is 1. The Morgan fingerprint density at radius 1 is 1.06 bits per heavy atom. The van der Waals surface area contributed by atoms with Crippen molar-refractivity contribution >= 4 is 40.5 Å². The smallest absolute Gasteiger partial charge is 0.255 e. The maximum atomic E-state index is 11.9. The molecule has 5 heteroatoms. The summed E-state index contributed by atoms with van der Waals surface area (Å²) in [6.07, 6.45) is 0. The van der Waals surface area contributed by atoms with Crippen molar-refractivity contribution in [2.24, 2.45) is 0 Å². The molecule has 0 aliphatic heterocycles. The van der Waals surface area contributed by atoms with Crippen LogP contribution in [0.5, 0.6) is 0 Å². The Morgan fingerprint density at radius 2 is 1.72 bits per heavy atom. The van der Waals surface area contributed by atoms with Gasteiger partial charge in [0.15, 0.2) is 0 Å². The standard InChI is InChI=1S/C13H10Cl2N2O/c14-9-3-1-8(2-4-9)13(18)17-12-6-5-10(16)7-11(12)15/h1-7H,16H2,(H,17,18). The van der Waals surface area contributed by atoms with E-state index in [1.165, 1.54) is 0 Å². The largest absolute Gasteiger partial charge is 0.399 e. The highest BCUT2D eigenvalue weighted by atomic mass is 35.5. The highest BCUT2D eigenvalue weighted by Gasteiger charge is 2.08. The lowest BCUT2D eigenvalue weighted by Crippen LogP contribution is -2.12. The van der Waals surface area contributed by atoms with Gasteiger partial charge in [-0.25, -0.2) is 0 Å². The summed E-state index contributed by atoms with van der Waals surface area (Å²) in [7, 11) is 0. The summed E-state index contributed by atoms with van der Waals surface area (Å²) in [5, 5.41) is 3.68. The van der Waals surface area contributed by atoms with Gasteiger partial charge in [-0.05, 0) is 42.5 Å². The van der Waals surface area contributed by atoms with Gasteiger partial charge >= 0.3 is 0 Å². The van der Waals surface area contributed by atoms with E-state index >= 15 is 0 Å². The predicted molar refractivity (Wildman–Crippen MR) is 75.3 cm³/mol. The number of hydrogen-bond acceptors (Lipinski definition) is 2. The second-order valence-corrected chi connectivity index (χ2v) is 4.54. The second kappa shape index (κ2) is 5.29. The van der Waals surface area contributed by atoms with E-state index < -0.39 is 0 Å². The van der Waals surface area contributed by atoms with Crippen molar-refractivity contribution in [3.8, 4) is 0 Å². The van der Waals surface area contributed by atoms with Crippen molar-refractivity contribution in [2.45, 2.75) is 0 Å². The van der Waals surface area contributed by atoms with Crippen molar-refractivity contribution in [1.82, 2.24) is 0 Å². The van der Waals surface area contributed by atoms with Gasteiger partial charge in [-0.1, -0.05) is 23.2 Å². The number of benzene rings is 2. The molecule has 0 bridgehead atoms. The number of nitrogens with one attached hydrogen (secondary N) is 1. The van der Waals surface area contributed by atoms with Gasteiger partial charge in [-0.15, -0.1) is 0 Å². The van der Waals surface area contributed by atoms with Gasteiger partial charge in [-0.3, -0.25) is 4.79 Å². The van der Waals surface area contributed by atoms with E-state index in [-0.39, 0.29) is 5.91 Å². The molecule has 0 radical (unpaired) electrons. The molecule has 3 nitrogen and oxygen atoms in total. The van der Waals surface area contributed by atoms with E-state index in [2.05, 4.69) is 5.32 Å². The SMILES string of the molecule is Nc1ccc(NC(=O)c2ccc(Cl)cc2)c(Cl)c1. The Hall–Kier alpha value is -1.71. The fraction of sp³-hybridized carbons (Fsp3) is 0. The van der Waals surface area contributed by atoms with Crippen LogP contribution in [0.1, 0.15) is 10.4 Å². The number of nitrogens with two attached hydrogens (primary N) is 1. The van der Waals surface area contributed by atoms with Gasteiger partial charge in [0, 0.05) is 16.3 Å². The first kappa shape index (κ1) is 12.7. The first-order valence-electron chi connectivity index (χ1n) is 5.18. The molecule has 0 saturated heterocycles. The van der Waals surface area contributed by atoms with Gasteiger partial charge in [0.1, 0.15) is 0 Å². The van der Waals surface area contributed by atoms with Crippen LogP contribution in [0.3, 0.4) is 0 Å². The molecule has 18 heavy (non-hydrogen) atoms. The molecule has 2 rings (SSSR count). The van der Waals surface area contributed by atoms with Crippen LogP contribution in [-0.2, 0) is 0 Å². The van der Waals surface area contributed by atoms with Crippen molar-refractivity contribution in [3.63, 3.8) is 0 Å². The quantitative estimate of drug-likeness (QED) is 0.822. The van der Waals surface area contributed by atoms with Gasteiger partial charge in [0.2, 0.25) is 0 Å². The number of halogens is 2. The highest BCUT2D eigenvalue weighted by molar-refractivity contribution is 6.34. The molecule has 0 unspecified atom stereocenters. The highest BCUT2D eigenvalue weighted by Crippen LogP contribution is 2.24. The van der Waals surface area contributed by atoms with Gasteiger partial charge < -0.3 is 11.1 Å². The summed E-state index contributed by atoms with van der Waals surface area (Å²) < 4.78 is 0. The fourth-order valence-electron chi connectivity index (χ4n) is 1.43. The maximum Gasteiger partial charge on any atom is 0.255 e.